The maximum Gasteiger partial charge on any atom is 0.189 e. The molecule has 1 aliphatic heterocycles. The second kappa shape index (κ2) is 5.63. The van der Waals surface area contributed by atoms with Gasteiger partial charge in [-0.05, 0) is 37.4 Å². The SMILES string of the molecule is CSc1nc(N2CC3CCC(C3)C2)c2c(N)nc(Cl)c(F)c2n1. The maximum atomic E-state index is 14.4. The quantitative estimate of drug-likeness (QED) is 0.507. The molecule has 0 aromatic carbocycles. The first-order valence-corrected chi connectivity index (χ1v) is 9.28. The lowest BCUT2D eigenvalue weighted by atomic mass is 9.98. The Hall–Kier alpha value is -1.34. The van der Waals surface area contributed by atoms with Crippen LogP contribution in [-0.2, 0) is 0 Å². The molecule has 2 atom stereocenters. The second-order valence-electron chi connectivity index (χ2n) is 6.31. The number of pyridine rings is 1. The van der Waals surface area contributed by atoms with Crippen molar-refractivity contribution < 1.29 is 4.39 Å². The number of fused-ring (bicyclic) bond motifs is 3. The fraction of sp³-hybridized carbons (Fsp3) is 0.533. The van der Waals surface area contributed by atoms with E-state index in [0.29, 0.717) is 28.2 Å². The van der Waals surface area contributed by atoms with Crippen LogP contribution < -0.4 is 10.6 Å². The van der Waals surface area contributed by atoms with Gasteiger partial charge in [0.05, 0.1) is 5.39 Å². The summed E-state index contributed by atoms with van der Waals surface area (Å²) in [6.07, 6.45) is 5.67. The number of nitrogens with two attached hydrogens (primary N) is 1. The lowest BCUT2D eigenvalue weighted by Crippen LogP contribution is -2.37. The first-order chi connectivity index (χ1) is 11.1. The molecule has 2 N–H and O–H groups in total. The molecule has 23 heavy (non-hydrogen) atoms. The second-order valence-corrected chi connectivity index (χ2v) is 7.44. The van der Waals surface area contributed by atoms with E-state index in [2.05, 4.69) is 19.9 Å². The van der Waals surface area contributed by atoms with Crippen LogP contribution in [0.1, 0.15) is 19.3 Å². The van der Waals surface area contributed by atoms with Gasteiger partial charge in [0, 0.05) is 13.1 Å². The van der Waals surface area contributed by atoms with Gasteiger partial charge in [-0.15, -0.1) is 0 Å². The highest BCUT2D eigenvalue weighted by Gasteiger charge is 2.35. The van der Waals surface area contributed by atoms with Gasteiger partial charge in [0.15, 0.2) is 16.1 Å². The number of rotatable bonds is 2. The Morgan fingerprint density at radius 3 is 2.57 bits per heavy atom. The molecule has 2 bridgehead atoms. The van der Waals surface area contributed by atoms with Crippen LogP contribution in [0.3, 0.4) is 0 Å². The molecule has 1 saturated heterocycles. The molecular weight excluding hydrogens is 337 g/mol. The minimum absolute atomic E-state index is 0.162. The zero-order valence-electron chi connectivity index (χ0n) is 12.7. The number of halogens is 2. The van der Waals surface area contributed by atoms with Crippen molar-refractivity contribution in [2.24, 2.45) is 11.8 Å². The van der Waals surface area contributed by atoms with Crippen LogP contribution in [0.4, 0.5) is 16.0 Å². The summed E-state index contributed by atoms with van der Waals surface area (Å²) in [5.41, 5.74) is 6.20. The van der Waals surface area contributed by atoms with E-state index < -0.39 is 5.82 Å². The summed E-state index contributed by atoms with van der Waals surface area (Å²) in [6.45, 7) is 1.86. The normalized spacial score (nSPS) is 23.7. The summed E-state index contributed by atoms with van der Waals surface area (Å²) in [7, 11) is 0. The van der Waals surface area contributed by atoms with E-state index in [1.165, 1.54) is 31.0 Å². The number of hydrogen-bond donors (Lipinski definition) is 1. The van der Waals surface area contributed by atoms with Gasteiger partial charge in [0.2, 0.25) is 0 Å². The summed E-state index contributed by atoms with van der Waals surface area (Å²) >= 11 is 7.22. The van der Waals surface area contributed by atoms with Gasteiger partial charge < -0.3 is 10.6 Å². The van der Waals surface area contributed by atoms with E-state index >= 15 is 0 Å². The van der Waals surface area contributed by atoms with Crippen molar-refractivity contribution >= 4 is 45.9 Å². The summed E-state index contributed by atoms with van der Waals surface area (Å²) in [4.78, 5) is 15.0. The van der Waals surface area contributed by atoms with Crippen LogP contribution in [0.2, 0.25) is 5.15 Å². The van der Waals surface area contributed by atoms with Crippen molar-refractivity contribution in [3.8, 4) is 0 Å². The molecule has 4 rings (SSSR count). The minimum Gasteiger partial charge on any atom is -0.383 e. The smallest absolute Gasteiger partial charge is 0.189 e. The van der Waals surface area contributed by atoms with Gasteiger partial charge in [0.25, 0.3) is 0 Å². The number of anilines is 2. The predicted octanol–water partition coefficient (Wildman–Crippen LogP) is 3.36. The van der Waals surface area contributed by atoms with Gasteiger partial charge in [-0.25, -0.2) is 19.3 Å². The molecule has 0 spiro atoms. The summed E-state index contributed by atoms with van der Waals surface area (Å²) in [5.74, 6) is 1.61. The standard InChI is InChI=1S/C15H17ClFN5S/c1-23-15-19-11-9(13(18)20-12(16)10(11)17)14(21-15)22-5-7-2-3-8(4-7)6-22/h7-8H,2-6H2,1H3,(H2,18,20). The van der Waals surface area contributed by atoms with E-state index in [1.54, 1.807) is 0 Å². The van der Waals surface area contributed by atoms with Crippen LogP contribution in [0, 0.1) is 17.7 Å². The number of aromatic nitrogens is 3. The summed E-state index contributed by atoms with van der Waals surface area (Å²) in [5, 5.41) is 0.752. The molecule has 2 aromatic heterocycles. The topological polar surface area (TPSA) is 67.9 Å². The first kappa shape index (κ1) is 15.2. The Morgan fingerprint density at radius 2 is 1.91 bits per heavy atom. The van der Waals surface area contributed by atoms with Crippen LogP contribution in [-0.4, -0.2) is 34.3 Å². The number of nitrogen functional groups attached to an aromatic ring is 1. The average Bonchev–Trinajstić information content (AvgIpc) is 2.89. The Balaban J connectivity index is 1.92. The number of hydrogen-bond acceptors (Lipinski definition) is 6. The number of piperidine rings is 1. The largest absolute Gasteiger partial charge is 0.383 e. The Morgan fingerprint density at radius 1 is 1.22 bits per heavy atom. The molecule has 2 aromatic rings. The molecular formula is C15H17ClFN5S. The van der Waals surface area contributed by atoms with E-state index in [0.717, 1.165) is 13.1 Å². The van der Waals surface area contributed by atoms with Crippen molar-refractivity contribution in [1.29, 1.82) is 0 Å². The molecule has 1 aliphatic carbocycles. The number of thioether (sulfide) groups is 1. The lowest BCUT2D eigenvalue weighted by Gasteiger charge is -2.33. The third-order valence-electron chi connectivity index (χ3n) is 4.82. The van der Waals surface area contributed by atoms with Crippen molar-refractivity contribution in [1.82, 2.24) is 15.0 Å². The zero-order chi connectivity index (χ0) is 16.1. The van der Waals surface area contributed by atoms with Crippen LogP contribution >= 0.6 is 23.4 Å². The van der Waals surface area contributed by atoms with Crippen molar-refractivity contribution in [3.63, 3.8) is 0 Å². The molecule has 0 amide bonds. The van der Waals surface area contributed by atoms with Crippen molar-refractivity contribution in [2.75, 3.05) is 30.0 Å². The zero-order valence-corrected chi connectivity index (χ0v) is 14.3. The maximum absolute atomic E-state index is 14.4. The predicted molar refractivity (Wildman–Crippen MR) is 91.5 cm³/mol. The highest BCUT2D eigenvalue weighted by Crippen LogP contribution is 2.41. The minimum atomic E-state index is -0.630. The van der Waals surface area contributed by atoms with Gasteiger partial charge in [-0.3, -0.25) is 0 Å². The Labute approximate surface area is 142 Å². The molecule has 0 radical (unpaired) electrons. The van der Waals surface area contributed by atoms with Gasteiger partial charge >= 0.3 is 0 Å². The molecule has 122 valence electrons. The average molecular weight is 354 g/mol. The highest BCUT2D eigenvalue weighted by atomic mass is 35.5. The first-order valence-electron chi connectivity index (χ1n) is 7.68. The van der Waals surface area contributed by atoms with E-state index in [-0.39, 0.29) is 16.5 Å². The highest BCUT2D eigenvalue weighted by molar-refractivity contribution is 7.98. The molecule has 8 heteroatoms. The molecule has 5 nitrogen and oxygen atoms in total. The molecule has 2 aliphatic rings. The monoisotopic (exact) mass is 353 g/mol. The molecule has 3 heterocycles. The fourth-order valence-electron chi connectivity index (χ4n) is 3.83. The van der Waals surface area contributed by atoms with Crippen LogP contribution in [0.15, 0.2) is 5.16 Å². The summed E-state index contributed by atoms with van der Waals surface area (Å²) < 4.78 is 14.4. The fourth-order valence-corrected chi connectivity index (χ4v) is 4.37. The molecule has 1 saturated carbocycles. The summed E-state index contributed by atoms with van der Waals surface area (Å²) in [6, 6.07) is 0. The molecule has 2 unspecified atom stereocenters. The van der Waals surface area contributed by atoms with E-state index in [1.807, 2.05) is 6.26 Å². The Bertz CT molecular complexity index is 774. The van der Waals surface area contributed by atoms with Crippen molar-refractivity contribution in [2.45, 2.75) is 24.4 Å². The van der Waals surface area contributed by atoms with E-state index in [4.69, 9.17) is 17.3 Å². The lowest BCUT2D eigenvalue weighted by molar-refractivity contribution is 0.419. The van der Waals surface area contributed by atoms with Gasteiger partial charge in [-0.2, -0.15) is 0 Å². The van der Waals surface area contributed by atoms with Crippen LogP contribution in [0.5, 0.6) is 0 Å². The third kappa shape index (κ3) is 2.50. The van der Waals surface area contributed by atoms with E-state index in [9.17, 15) is 4.39 Å². The van der Waals surface area contributed by atoms with Crippen molar-refractivity contribution in [3.05, 3.63) is 11.0 Å². The third-order valence-corrected chi connectivity index (χ3v) is 5.62. The van der Waals surface area contributed by atoms with Gasteiger partial charge in [0.1, 0.15) is 17.2 Å². The van der Waals surface area contributed by atoms with Gasteiger partial charge in [-0.1, -0.05) is 23.4 Å². The molecule has 2 fully saturated rings. The van der Waals surface area contributed by atoms with Crippen LogP contribution in [0.25, 0.3) is 10.9 Å². The Kier molecular flexibility index (Phi) is 3.72. The number of nitrogens with zero attached hydrogens (tertiary/aromatic N) is 4.